The van der Waals surface area contributed by atoms with Gasteiger partial charge in [-0.3, -0.25) is 14.4 Å². The average molecular weight is 865 g/mol. The van der Waals surface area contributed by atoms with E-state index >= 15 is 0 Å². The van der Waals surface area contributed by atoms with Crippen LogP contribution >= 0.6 is 11.6 Å². The number of likely N-dealkylation sites (N-methyl/N-ethyl adjacent to an activating group) is 1. The molecule has 5 atom stereocenters. The maximum Gasteiger partial charge on any atom is 0.248 e. The number of nitrogens with one attached hydrogen (secondary N) is 1. The van der Waals surface area contributed by atoms with Crippen LogP contribution in [0.15, 0.2) is 54.6 Å². The smallest absolute Gasteiger partial charge is 0.248 e. The third kappa shape index (κ3) is 7.80. The summed E-state index contributed by atoms with van der Waals surface area (Å²) in [6, 6.07) is 17.2. The number of ether oxygens (including phenoxy) is 1. The van der Waals surface area contributed by atoms with Crippen molar-refractivity contribution in [2.75, 3.05) is 57.8 Å². The lowest BCUT2D eigenvalue weighted by Crippen LogP contribution is -2.77. The summed E-state index contributed by atoms with van der Waals surface area (Å²) in [6.07, 6.45) is 8.15. The maximum atomic E-state index is 14.3. The van der Waals surface area contributed by atoms with Crippen LogP contribution in [0, 0.1) is 18.8 Å². The molecule has 2 unspecified atom stereocenters. The number of primary amides is 1. The Labute approximate surface area is 371 Å². The number of anilines is 1. The van der Waals surface area contributed by atoms with Crippen molar-refractivity contribution in [1.82, 2.24) is 19.9 Å². The largest absolute Gasteiger partial charge is 0.504 e. The van der Waals surface area contributed by atoms with Crippen molar-refractivity contribution in [3.63, 3.8) is 0 Å². The minimum atomic E-state index is -0.947. The molecule has 12 nitrogen and oxygen atoms in total. The molecular formula is C48H62BClN6O6. The zero-order valence-electron chi connectivity index (χ0n) is 36.3. The minimum absolute atomic E-state index is 0.00711. The number of hydrogen-bond acceptors (Lipinski definition) is 9. The Balaban J connectivity index is 0.763. The molecule has 5 N–H and O–H groups in total. The molecule has 1 saturated carbocycles. The van der Waals surface area contributed by atoms with E-state index in [-0.39, 0.29) is 41.7 Å². The highest BCUT2D eigenvalue weighted by molar-refractivity contribution is 6.38. The fourth-order valence-corrected chi connectivity index (χ4v) is 12.4. The van der Waals surface area contributed by atoms with E-state index in [9.17, 15) is 24.6 Å². The number of carbonyl (C=O) groups excluding carboxylic acids is 3. The maximum absolute atomic E-state index is 14.3. The minimum Gasteiger partial charge on any atom is -0.504 e. The Morgan fingerprint density at radius 1 is 0.984 bits per heavy atom. The number of hydrogen-bond donors (Lipinski definition) is 4. The van der Waals surface area contributed by atoms with Crippen LogP contribution in [0.3, 0.4) is 0 Å². The molecule has 3 amide bonds. The van der Waals surface area contributed by atoms with Crippen LogP contribution < -0.4 is 20.6 Å². The highest BCUT2D eigenvalue weighted by Gasteiger charge is 2.72. The quantitative estimate of drug-likeness (QED) is 0.181. The predicted molar refractivity (Wildman–Crippen MR) is 242 cm³/mol. The average Bonchev–Trinajstić information content (AvgIpc) is 3.63. The molecule has 330 valence electrons. The van der Waals surface area contributed by atoms with Gasteiger partial charge in [-0.1, -0.05) is 35.9 Å². The summed E-state index contributed by atoms with van der Waals surface area (Å²) in [6.45, 7) is 7.45. The Morgan fingerprint density at radius 3 is 2.47 bits per heavy atom. The molecule has 2 aliphatic carbocycles. The summed E-state index contributed by atoms with van der Waals surface area (Å²) in [5.74, 6) is 0.851. The van der Waals surface area contributed by atoms with Crippen LogP contribution in [0.5, 0.6) is 11.5 Å². The van der Waals surface area contributed by atoms with Gasteiger partial charge in [0, 0.05) is 65.8 Å². The topological polar surface area (TPSA) is 152 Å². The van der Waals surface area contributed by atoms with Crippen molar-refractivity contribution < 1.29 is 29.3 Å². The van der Waals surface area contributed by atoms with E-state index in [0.29, 0.717) is 74.9 Å². The molecule has 4 heterocycles. The van der Waals surface area contributed by atoms with Crippen LogP contribution in [-0.4, -0.2) is 127 Å². The Morgan fingerprint density at radius 2 is 1.74 bits per heavy atom. The van der Waals surface area contributed by atoms with Gasteiger partial charge in [-0.25, -0.2) is 0 Å². The standard InChI is InChI=1S/C48H62BClN6O6/c1-30-4-10-36(28-37(30)50)56(20-3-19-54-21-13-32(14-22-54)26-31-5-7-33(8-6-31)45(51)59)46(60)34-15-23-55(24-16-34)41(58)29-49-52-38-12-17-48(61)40-27-35-9-11-39(57)43-42(35)47(48,44(38)62-43)18-25-53(40)2/h4-11,28,32,34,38,40,44,49,52,57,61H,3,12-27,29H2,1-2H3,(H2,51,59)/t38?,40?,44-,47-,48+/m0/s1. The summed E-state index contributed by atoms with van der Waals surface area (Å²) in [4.78, 5) is 48.0. The summed E-state index contributed by atoms with van der Waals surface area (Å²) in [5, 5.41) is 27.7. The van der Waals surface area contributed by atoms with Gasteiger partial charge in [-0.15, -0.1) is 0 Å². The lowest BCUT2D eigenvalue weighted by atomic mass is 9.48. The number of phenolic OH excluding ortho intramolecular Hbond substituents is 1. The number of aryl methyl sites for hydroxylation is 1. The number of likely N-dealkylation sites (tertiary alicyclic amines) is 3. The molecule has 0 radical (unpaired) electrons. The van der Waals surface area contributed by atoms with E-state index < -0.39 is 16.9 Å². The first-order chi connectivity index (χ1) is 29.9. The van der Waals surface area contributed by atoms with Gasteiger partial charge in [0.15, 0.2) is 11.5 Å². The fraction of sp³-hybridized carbons (Fsp3) is 0.562. The number of aliphatic hydroxyl groups is 1. The number of halogens is 1. The van der Waals surface area contributed by atoms with Crippen molar-refractivity contribution in [3.05, 3.63) is 87.4 Å². The SMILES string of the molecule is Cc1ccc(N(CCCN2CCC(Cc3ccc(C(N)=O)cc3)CC2)C(=O)C2CCN(C(=O)CBNC3CC[C@@]4(O)C5Cc6ccc(O)c7c6[C@@]4(CCN5C)[C@H]3O7)CC2)cc1Cl. The first-order valence-electron chi connectivity index (χ1n) is 23.0. The van der Waals surface area contributed by atoms with Crippen LogP contribution in [0.1, 0.15) is 84.0 Å². The lowest BCUT2D eigenvalue weighted by molar-refractivity contribution is -0.185. The van der Waals surface area contributed by atoms with Gasteiger partial charge in [-0.2, -0.15) is 0 Å². The number of nitrogens with zero attached hydrogens (tertiary/aromatic N) is 4. The highest BCUT2D eigenvalue weighted by atomic mass is 35.5. The van der Waals surface area contributed by atoms with E-state index in [1.807, 2.05) is 65.3 Å². The van der Waals surface area contributed by atoms with E-state index in [4.69, 9.17) is 22.1 Å². The van der Waals surface area contributed by atoms with E-state index in [2.05, 4.69) is 22.1 Å². The number of benzene rings is 3. The molecule has 3 saturated heterocycles. The second-order valence-corrected chi connectivity index (χ2v) is 19.6. The monoisotopic (exact) mass is 864 g/mol. The number of piperidine rings is 3. The van der Waals surface area contributed by atoms with Gasteiger partial charge < -0.3 is 45.5 Å². The summed E-state index contributed by atoms with van der Waals surface area (Å²) >= 11 is 6.60. The first-order valence-corrected chi connectivity index (χ1v) is 23.4. The summed E-state index contributed by atoms with van der Waals surface area (Å²) < 4.78 is 6.64. The number of amides is 3. The van der Waals surface area contributed by atoms with Crippen LogP contribution in [0.4, 0.5) is 5.69 Å². The van der Waals surface area contributed by atoms with Gasteiger partial charge in [0.1, 0.15) is 6.10 Å². The molecule has 62 heavy (non-hydrogen) atoms. The van der Waals surface area contributed by atoms with Crippen molar-refractivity contribution in [1.29, 1.82) is 0 Å². The normalized spacial score (nSPS) is 27.4. The second-order valence-electron chi connectivity index (χ2n) is 19.2. The van der Waals surface area contributed by atoms with Gasteiger partial charge in [-0.05, 0) is 157 Å². The zero-order valence-corrected chi connectivity index (χ0v) is 37.0. The molecule has 4 aliphatic heterocycles. The fourth-order valence-electron chi connectivity index (χ4n) is 12.2. The molecule has 1 spiro atoms. The Hall–Kier alpha value is -4.14. The van der Waals surface area contributed by atoms with Crippen molar-refractivity contribution in [2.24, 2.45) is 17.6 Å². The van der Waals surface area contributed by atoms with Crippen molar-refractivity contribution in [3.8, 4) is 11.5 Å². The molecular weight excluding hydrogens is 803 g/mol. The highest BCUT2D eigenvalue weighted by Crippen LogP contribution is 2.65. The molecule has 6 aliphatic rings. The van der Waals surface area contributed by atoms with Crippen molar-refractivity contribution in [2.45, 2.75) is 107 Å². The molecule has 0 aromatic heterocycles. The van der Waals surface area contributed by atoms with Crippen LogP contribution in [0.25, 0.3) is 0 Å². The molecule has 14 heteroatoms. The van der Waals surface area contributed by atoms with E-state index in [1.54, 1.807) is 6.07 Å². The van der Waals surface area contributed by atoms with Gasteiger partial charge in [0.25, 0.3) is 0 Å². The van der Waals surface area contributed by atoms with Gasteiger partial charge >= 0.3 is 0 Å². The second kappa shape index (κ2) is 17.4. The summed E-state index contributed by atoms with van der Waals surface area (Å²) in [7, 11) is 2.59. The number of nitrogens with two attached hydrogens (primary N) is 1. The third-order valence-electron chi connectivity index (χ3n) is 15.7. The van der Waals surface area contributed by atoms with Gasteiger partial charge in [0.2, 0.25) is 25.1 Å². The number of rotatable bonds is 13. The number of aromatic hydroxyl groups is 1. The lowest BCUT2D eigenvalue weighted by Gasteiger charge is -2.63. The molecule has 2 bridgehead atoms. The molecule has 9 rings (SSSR count). The molecule has 3 aromatic carbocycles. The third-order valence-corrected chi connectivity index (χ3v) is 16.1. The van der Waals surface area contributed by atoms with Crippen LogP contribution in [0.2, 0.25) is 11.3 Å². The van der Waals surface area contributed by atoms with E-state index in [0.717, 1.165) is 93.5 Å². The Bertz CT molecular complexity index is 2180. The van der Waals surface area contributed by atoms with E-state index in [1.165, 1.54) is 5.56 Å². The predicted octanol–water partition coefficient (Wildman–Crippen LogP) is 4.58. The van der Waals surface area contributed by atoms with Crippen LogP contribution in [-0.2, 0) is 27.8 Å². The molecule has 3 aromatic rings. The Kier molecular flexibility index (Phi) is 12.1. The van der Waals surface area contributed by atoms with Gasteiger partial charge in [0.05, 0.1) is 11.0 Å². The first kappa shape index (κ1) is 43.1. The zero-order chi connectivity index (χ0) is 43.3. The number of phenols is 1. The number of carbonyl (C=O) groups is 3. The van der Waals surface area contributed by atoms with Crippen molar-refractivity contribution >= 4 is 42.4 Å². The molecule has 4 fully saturated rings. The summed E-state index contributed by atoms with van der Waals surface area (Å²) in [5.41, 5.74) is 9.58.